The number of aromatic nitrogens is 3. The molecule has 0 spiro atoms. The molecule has 3 heterocycles. The minimum Gasteiger partial charge on any atom is -0.497 e. The molecule has 1 atom stereocenters. The van der Waals surface area contributed by atoms with E-state index in [9.17, 15) is 4.79 Å². The lowest BCUT2D eigenvalue weighted by Gasteiger charge is -2.33. The first-order valence-electron chi connectivity index (χ1n) is 9.33. The number of hydrogen-bond donors (Lipinski definition) is 0. The topological polar surface area (TPSA) is 59.7 Å². The van der Waals surface area contributed by atoms with Gasteiger partial charge in [-0.05, 0) is 62.9 Å². The van der Waals surface area contributed by atoms with Gasteiger partial charge in [-0.1, -0.05) is 11.8 Å². The number of thioether (sulfide) groups is 1. The molecule has 1 aliphatic rings. The van der Waals surface area contributed by atoms with Gasteiger partial charge in [-0.2, -0.15) is 0 Å². The predicted octanol–water partition coefficient (Wildman–Crippen LogP) is 3.69. The van der Waals surface area contributed by atoms with E-state index in [1.54, 1.807) is 7.11 Å². The Morgan fingerprint density at radius 3 is 2.93 bits per heavy atom. The van der Waals surface area contributed by atoms with Gasteiger partial charge in [-0.3, -0.25) is 9.20 Å². The van der Waals surface area contributed by atoms with Gasteiger partial charge in [0.15, 0.2) is 10.8 Å². The van der Waals surface area contributed by atoms with Crippen LogP contribution in [0, 0.1) is 6.92 Å². The van der Waals surface area contributed by atoms with E-state index in [4.69, 9.17) is 4.74 Å². The number of piperidine rings is 1. The fraction of sp³-hybridized carbons (Fsp3) is 0.450. The molecule has 6 nitrogen and oxygen atoms in total. The van der Waals surface area contributed by atoms with Crippen molar-refractivity contribution in [3.63, 3.8) is 0 Å². The largest absolute Gasteiger partial charge is 0.497 e. The highest BCUT2D eigenvalue weighted by Crippen LogP contribution is 2.28. The van der Waals surface area contributed by atoms with Gasteiger partial charge in [0, 0.05) is 18.0 Å². The molecule has 0 saturated carbocycles. The van der Waals surface area contributed by atoms with E-state index in [0.29, 0.717) is 11.8 Å². The summed E-state index contributed by atoms with van der Waals surface area (Å²) in [6.45, 7) is 5.03. The molecule has 4 rings (SSSR count). The lowest BCUT2D eigenvalue weighted by molar-refractivity contribution is -0.131. The van der Waals surface area contributed by atoms with E-state index in [2.05, 4.69) is 23.2 Å². The molecule has 0 bridgehead atoms. The number of amides is 1. The number of fused-ring (bicyclic) bond motifs is 3. The number of nitrogens with zero attached hydrogens (tertiary/aromatic N) is 4. The highest BCUT2D eigenvalue weighted by atomic mass is 32.2. The van der Waals surface area contributed by atoms with Crippen molar-refractivity contribution in [2.24, 2.45) is 0 Å². The van der Waals surface area contributed by atoms with Crippen molar-refractivity contribution in [1.82, 2.24) is 19.5 Å². The molecular weight excluding hydrogens is 360 g/mol. The lowest BCUT2D eigenvalue weighted by Crippen LogP contribution is -2.42. The van der Waals surface area contributed by atoms with Crippen LogP contribution in [-0.4, -0.2) is 50.9 Å². The summed E-state index contributed by atoms with van der Waals surface area (Å²) >= 11 is 1.46. The maximum absolute atomic E-state index is 12.7. The summed E-state index contributed by atoms with van der Waals surface area (Å²) in [7, 11) is 1.67. The number of rotatable bonds is 4. The SMILES string of the molecule is COc1ccc2c(c1)cc(C)c1nnc(SCC(=O)N3CCCC[C@@H]3C)n12. The monoisotopic (exact) mass is 384 g/mol. The van der Waals surface area contributed by atoms with Crippen LogP contribution in [0.4, 0.5) is 0 Å². The smallest absolute Gasteiger partial charge is 0.233 e. The van der Waals surface area contributed by atoms with E-state index in [1.807, 2.05) is 34.4 Å². The van der Waals surface area contributed by atoms with E-state index >= 15 is 0 Å². The average molecular weight is 385 g/mol. The standard InChI is InChI=1S/C20H24N4O2S/c1-13-10-15-11-16(26-3)7-8-17(15)24-19(13)21-22-20(24)27-12-18(25)23-9-5-4-6-14(23)2/h7-8,10-11,14H,4-6,9,12H2,1-3H3/t14-/m0/s1. The van der Waals surface area contributed by atoms with Crippen LogP contribution in [0.25, 0.3) is 16.6 Å². The number of ether oxygens (including phenoxy) is 1. The second-order valence-corrected chi connectivity index (χ2v) is 8.06. The van der Waals surface area contributed by atoms with Crippen LogP contribution in [0.15, 0.2) is 29.4 Å². The second-order valence-electron chi connectivity index (χ2n) is 7.11. The van der Waals surface area contributed by atoms with Crippen molar-refractivity contribution in [1.29, 1.82) is 0 Å². The van der Waals surface area contributed by atoms with Crippen LogP contribution < -0.4 is 4.74 Å². The summed E-state index contributed by atoms with van der Waals surface area (Å²) in [5.41, 5.74) is 2.89. The third-order valence-electron chi connectivity index (χ3n) is 5.28. The maximum atomic E-state index is 12.7. The van der Waals surface area contributed by atoms with Gasteiger partial charge in [0.2, 0.25) is 5.91 Å². The quantitative estimate of drug-likeness (QED) is 0.642. The van der Waals surface area contributed by atoms with Crippen LogP contribution in [0.1, 0.15) is 31.7 Å². The number of methoxy groups -OCH3 is 1. The van der Waals surface area contributed by atoms with Gasteiger partial charge in [-0.15, -0.1) is 10.2 Å². The molecule has 0 radical (unpaired) electrons. The van der Waals surface area contributed by atoms with Crippen molar-refractivity contribution in [3.8, 4) is 5.75 Å². The summed E-state index contributed by atoms with van der Waals surface area (Å²) in [6.07, 6.45) is 3.40. The van der Waals surface area contributed by atoms with Crippen molar-refractivity contribution >= 4 is 34.2 Å². The average Bonchev–Trinajstić information content (AvgIpc) is 3.11. The Hall–Kier alpha value is -2.28. The lowest BCUT2D eigenvalue weighted by atomic mass is 10.0. The first-order valence-corrected chi connectivity index (χ1v) is 10.3. The van der Waals surface area contributed by atoms with Crippen LogP contribution >= 0.6 is 11.8 Å². The zero-order valence-electron chi connectivity index (χ0n) is 15.9. The minimum atomic E-state index is 0.183. The molecule has 3 aromatic rings. The van der Waals surface area contributed by atoms with Crippen LogP contribution in [-0.2, 0) is 4.79 Å². The summed E-state index contributed by atoms with van der Waals surface area (Å²) in [6, 6.07) is 8.39. The number of aryl methyl sites for hydroxylation is 1. The van der Waals surface area contributed by atoms with Crippen LogP contribution in [0.2, 0.25) is 0 Å². The Morgan fingerprint density at radius 1 is 1.30 bits per heavy atom. The molecule has 2 aromatic heterocycles. The van der Waals surface area contributed by atoms with Gasteiger partial charge in [-0.25, -0.2) is 0 Å². The van der Waals surface area contributed by atoms with Crippen molar-refractivity contribution in [2.75, 3.05) is 19.4 Å². The van der Waals surface area contributed by atoms with E-state index in [0.717, 1.165) is 52.4 Å². The normalized spacial score (nSPS) is 17.6. The van der Waals surface area contributed by atoms with Crippen molar-refractivity contribution in [2.45, 2.75) is 44.3 Å². The first kappa shape index (κ1) is 18.1. The molecule has 0 unspecified atom stereocenters. The summed E-state index contributed by atoms with van der Waals surface area (Å²) < 4.78 is 7.39. The molecule has 7 heteroatoms. The Bertz CT molecular complexity index is 1000. The summed E-state index contributed by atoms with van der Waals surface area (Å²) in [4.78, 5) is 14.7. The summed E-state index contributed by atoms with van der Waals surface area (Å²) in [5, 5.41) is 10.5. The molecule has 142 valence electrons. The fourth-order valence-electron chi connectivity index (χ4n) is 3.79. The van der Waals surface area contributed by atoms with E-state index in [1.165, 1.54) is 18.2 Å². The Balaban J connectivity index is 1.65. The van der Waals surface area contributed by atoms with Crippen molar-refractivity contribution in [3.05, 3.63) is 29.8 Å². The highest BCUT2D eigenvalue weighted by Gasteiger charge is 2.24. The van der Waals surface area contributed by atoms with E-state index in [-0.39, 0.29) is 5.91 Å². The van der Waals surface area contributed by atoms with Crippen LogP contribution in [0.5, 0.6) is 5.75 Å². The number of hydrogen-bond acceptors (Lipinski definition) is 5. The van der Waals surface area contributed by atoms with Gasteiger partial charge < -0.3 is 9.64 Å². The van der Waals surface area contributed by atoms with Crippen LogP contribution in [0.3, 0.4) is 0 Å². The molecule has 1 fully saturated rings. The molecule has 1 saturated heterocycles. The molecule has 0 aliphatic carbocycles. The molecule has 0 N–H and O–H groups in total. The number of benzene rings is 1. The highest BCUT2D eigenvalue weighted by molar-refractivity contribution is 7.99. The molecular formula is C20H24N4O2S. The predicted molar refractivity (Wildman–Crippen MR) is 108 cm³/mol. The number of pyridine rings is 1. The first-order chi connectivity index (χ1) is 13.1. The fourth-order valence-corrected chi connectivity index (χ4v) is 4.62. The number of likely N-dealkylation sites (tertiary alicyclic amines) is 1. The molecule has 1 amide bonds. The molecule has 27 heavy (non-hydrogen) atoms. The minimum absolute atomic E-state index is 0.183. The van der Waals surface area contributed by atoms with Gasteiger partial charge in [0.05, 0.1) is 18.4 Å². The third kappa shape index (κ3) is 3.36. The Kier molecular flexibility index (Phi) is 4.95. The van der Waals surface area contributed by atoms with Gasteiger partial charge >= 0.3 is 0 Å². The Labute approximate surface area is 162 Å². The van der Waals surface area contributed by atoms with Crippen molar-refractivity contribution < 1.29 is 9.53 Å². The second kappa shape index (κ2) is 7.38. The van der Waals surface area contributed by atoms with Gasteiger partial charge in [0.25, 0.3) is 0 Å². The van der Waals surface area contributed by atoms with E-state index < -0.39 is 0 Å². The number of carbonyl (C=O) groups is 1. The Morgan fingerprint density at radius 2 is 2.15 bits per heavy atom. The zero-order chi connectivity index (χ0) is 19.0. The summed E-state index contributed by atoms with van der Waals surface area (Å²) in [5.74, 6) is 1.39. The number of carbonyl (C=O) groups excluding carboxylic acids is 1. The maximum Gasteiger partial charge on any atom is 0.233 e. The third-order valence-corrected chi connectivity index (χ3v) is 6.20. The molecule has 1 aliphatic heterocycles. The molecule has 1 aromatic carbocycles. The van der Waals surface area contributed by atoms with Gasteiger partial charge in [0.1, 0.15) is 5.75 Å². The zero-order valence-corrected chi connectivity index (χ0v) is 16.8.